The maximum absolute atomic E-state index is 12.4. The monoisotopic (exact) mass is 305 g/mol. The minimum atomic E-state index is -0.728. The topological polar surface area (TPSA) is 65.1 Å². The zero-order chi connectivity index (χ0) is 15.9. The highest BCUT2D eigenvalue weighted by Crippen LogP contribution is 2.44. The summed E-state index contributed by atoms with van der Waals surface area (Å²) in [6.07, 6.45) is -0.728. The number of ether oxygens (including phenoxy) is 3. The van der Waals surface area contributed by atoms with E-state index in [1.807, 2.05) is 19.1 Å². The number of nitrogens with zero attached hydrogens (tertiary/aromatic N) is 1. The van der Waals surface area contributed by atoms with Gasteiger partial charge in [0.25, 0.3) is 5.91 Å². The Hall–Kier alpha value is -2.08. The summed E-state index contributed by atoms with van der Waals surface area (Å²) >= 11 is 0. The molecular formula is C16H19NO5. The van der Waals surface area contributed by atoms with Crippen molar-refractivity contribution in [2.75, 3.05) is 25.2 Å². The fraction of sp³-hybridized carbons (Fsp3) is 0.500. The molecule has 2 saturated heterocycles. The average molecular weight is 305 g/mol. The van der Waals surface area contributed by atoms with E-state index in [0.29, 0.717) is 13.2 Å². The van der Waals surface area contributed by atoms with Gasteiger partial charge in [0.2, 0.25) is 6.10 Å². The van der Waals surface area contributed by atoms with E-state index in [9.17, 15) is 9.59 Å². The lowest BCUT2D eigenvalue weighted by Gasteiger charge is -2.56. The van der Waals surface area contributed by atoms with Gasteiger partial charge < -0.3 is 19.1 Å². The number of carbonyl (C=O) groups is 2. The zero-order valence-corrected chi connectivity index (χ0v) is 12.9. The minimum Gasteiger partial charge on any atom is -0.497 e. The van der Waals surface area contributed by atoms with Crippen LogP contribution in [0.15, 0.2) is 24.3 Å². The van der Waals surface area contributed by atoms with Gasteiger partial charge in [-0.2, -0.15) is 0 Å². The molecule has 0 unspecified atom stereocenters. The Bertz CT molecular complexity index is 593. The lowest BCUT2D eigenvalue weighted by Crippen LogP contribution is -2.75. The number of methoxy groups -OCH3 is 1. The highest BCUT2D eigenvalue weighted by Gasteiger charge is 2.61. The first-order chi connectivity index (χ1) is 10.5. The molecular weight excluding hydrogens is 286 g/mol. The molecule has 2 heterocycles. The molecule has 6 nitrogen and oxygen atoms in total. The molecule has 0 aromatic heterocycles. The van der Waals surface area contributed by atoms with Gasteiger partial charge >= 0.3 is 5.97 Å². The first kappa shape index (κ1) is 14.8. The summed E-state index contributed by atoms with van der Waals surface area (Å²) in [6.45, 7) is 4.46. The molecule has 22 heavy (non-hydrogen) atoms. The molecule has 2 atom stereocenters. The van der Waals surface area contributed by atoms with Gasteiger partial charge in [0.05, 0.1) is 26.4 Å². The summed E-state index contributed by atoms with van der Waals surface area (Å²) in [5.41, 5.74) is 0.570. The molecule has 1 aromatic carbocycles. The van der Waals surface area contributed by atoms with Crippen LogP contribution in [0.2, 0.25) is 0 Å². The molecule has 2 aliphatic heterocycles. The average Bonchev–Trinajstić information content (AvgIpc) is 2.48. The molecule has 0 radical (unpaired) electrons. The second-order valence-corrected chi connectivity index (χ2v) is 6.03. The number of hydrogen-bond acceptors (Lipinski definition) is 5. The smallest absolute Gasteiger partial charge is 0.303 e. The Balaban J connectivity index is 1.88. The van der Waals surface area contributed by atoms with Crippen LogP contribution in [0.3, 0.4) is 0 Å². The van der Waals surface area contributed by atoms with Crippen molar-refractivity contribution in [3.8, 4) is 5.75 Å². The van der Waals surface area contributed by atoms with Gasteiger partial charge in [0, 0.05) is 18.0 Å². The van der Waals surface area contributed by atoms with Crippen LogP contribution in [0.5, 0.6) is 5.75 Å². The highest BCUT2D eigenvalue weighted by atomic mass is 16.6. The molecule has 0 N–H and O–H groups in total. The Kier molecular flexibility index (Phi) is 3.56. The van der Waals surface area contributed by atoms with Gasteiger partial charge in [-0.1, -0.05) is 6.92 Å². The van der Waals surface area contributed by atoms with Gasteiger partial charge in [0.1, 0.15) is 5.75 Å². The molecule has 1 aromatic rings. The van der Waals surface area contributed by atoms with Gasteiger partial charge in [-0.05, 0) is 24.3 Å². The number of amides is 1. The van der Waals surface area contributed by atoms with E-state index in [2.05, 4.69) is 0 Å². The number of carbonyl (C=O) groups excluding carboxylic acids is 2. The van der Waals surface area contributed by atoms with Crippen molar-refractivity contribution in [2.24, 2.45) is 5.41 Å². The molecule has 0 bridgehead atoms. The molecule has 0 saturated carbocycles. The molecule has 0 aliphatic carbocycles. The fourth-order valence-corrected chi connectivity index (χ4v) is 3.06. The van der Waals surface area contributed by atoms with E-state index in [4.69, 9.17) is 14.2 Å². The normalized spacial score (nSPS) is 26.0. The maximum atomic E-state index is 12.4. The van der Waals surface area contributed by atoms with Gasteiger partial charge in [-0.3, -0.25) is 9.59 Å². The SMILES string of the molecule is COc1ccc(N2C(=O)[C@@H](OC(C)=O)[C@H]2C2(C)COC2)cc1. The number of esters is 1. The first-order valence-electron chi connectivity index (χ1n) is 7.18. The van der Waals surface area contributed by atoms with E-state index >= 15 is 0 Å². The van der Waals surface area contributed by atoms with E-state index < -0.39 is 12.1 Å². The number of benzene rings is 1. The van der Waals surface area contributed by atoms with Crippen molar-refractivity contribution in [1.29, 1.82) is 0 Å². The minimum absolute atomic E-state index is 0.196. The lowest BCUT2D eigenvalue weighted by molar-refractivity contribution is -0.182. The molecule has 2 aliphatic rings. The number of rotatable bonds is 4. The summed E-state index contributed by atoms with van der Waals surface area (Å²) < 4.78 is 15.7. The molecule has 0 spiro atoms. The zero-order valence-electron chi connectivity index (χ0n) is 12.9. The van der Waals surface area contributed by atoms with Crippen molar-refractivity contribution >= 4 is 17.6 Å². The number of β-lactam (4-membered cyclic amide) rings is 1. The van der Waals surface area contributed by atoms with E-state index in [0.717, 1.165) is 11.4 Å². The number of anilines is 1. The van der Waals surface area contributed by atoms with E-state index in [-0.39, 0.29) is 17.4 Å². The van der Waals surface area contributed by atoms with Crippen molar-refractivity contribution in [3.63, 3.8) is 0 Å². The summed E-state index contributed by atoms with van der Waals surface area (Å²) in [5, 5.41) is 0. The fourth-order valence-electron chi connectivity index (χ4n) is 3.06. The van der Waals surface area contributed by atoms with Gasteiger partial charge in [-0.25, -0.2) is 0 Å². The standard InChI is InChI=1S/C16H19NO5/c1-10(18)22-13-14(16(2)8-21-9-16)17(15(13)19)11-4-6-12(20-3)7-5-11/h4-7,13-14H,8-9H2,1-3H3/t13-,14-/m0/s1. The Labute approximate surface area is 128 Å². The van der Waals surface area contributed by atoms with Gasteiger partial charge in [-0.15, -0.1) is 0 Å². The summed E-state index contributed by atoms with van der Waals surface area (Å²) in [5.74, 6) is 0.0862. The molecule has 3 rings (SSSR count). The van der Waals surface area contributed by atoms with Crippen LogP contribution in [-0.2, 0) is 19.1 Å². The third-order valence-electron chi connectivity index (χ3n) is 4.27. The molecule has 1 amide bonds. The molecule has 118 valence electrons. The number of hydrogen-bond donors (Lipinski definition) is 0. The summed E-state index contributed by atoms with van der Waals surface area (Å²) in [7, 11) is 1.59. The third-order valence-corrected chi connectivity index (χ3v) is 4.27. The van der Waals surface area contributed by atoms with Crippen LogP contribution in [0.4, 0.5) is 5.69 Å². The lowest BCUT2D eigenvalue weighted by atomic mass is 9.72. The van der Waals surface area contributed by atoms with Crippen LogP contribution < -0.4 is 9.64 Å². The van der Waals surface area contributed by atoms with Crippen LogP contribution in [-0.4, -0.2) is 44.3 Å². The van der Waals surface area contributed by atoms with Crippen LogP contribution in [0, 0.1) is 5.41 Å². The molecule has 6 heteroatoms. The van der Waals surface area contributed by atoms with Crippen LogP contribution in [0.1, 0.15) is 13.8 Å². The summed E-state index contributed by atoms with van der Waals surface area (Å²) in [6, 6.07) is 7.07. The Morgan fingerprint density at radius 2 is 1.95 bits per heavy atom. The van der Waals surface area contributed by atoms with Crippen molar-refractivity contribution in [2.45, 2.75) is 26.0 Å². The Morgan fingerprint density at radius 3 is 2.41 bits per heavy atom. The van der Waals surface area contributed by atoms with E-state index in [1.54, 1.807) is 24.1 Å². The molecule has 2 fully saturated rings. The second kappa shape index (κ2) is 5.28. The van der Waals surface area contributed by atoms with Crippen molar-refractivity contribution < 1.29 is 23.8 Å². The largest absolute Gasteiger partial charge is 0.497 e. The predicted octanol–water partition coefficient (Wildman–Crippen LogP) is 1.38. The second-order valence-electron chi connectivity index (χ2n) is 6.03. The van der Waals surface area contributed by atoms with E-state index in [1.165, 1.54) is 6.92 Å². The predicted molar refractivity (Wildman–Crippen MR) is 78.7 cm³/mol. The van der Waals surface area contributed by atoms with Gasteiger partial charge in [0.15, 0.2) is 0 Å². The third kappa shape index (κ3) is 2.23. The Morgan fingerprint density at radius 1 is 1.32 bits per heavy atom. The quantitative estimate of drug-likeness (QED) is 0.621. The van der Waals surface area contributed by atoms with Crippen molar-refractivity contribution in [3.05, 3.63) is 24.3 Å². The van der Waals surface area contributed by atoms with Crippen molar-refractivity contribution in [1.82, 2.24) is 0 Å². The maximum Gasteiger partial charge on any atom is 0.303 e. The first-order valence-corrected chi connectivity index (χ1v) is 7.18. The van der Waals surface area contributed by atoms with Crippen LogP contribution in [0.25, 0.3) is 0 Å². The summed E-state index contributed by atoms with van der Waals surface area (Å²) in [4.78, 5) is 25.4. The van der Waals surface area contributed by atoms with Crippen LogP contribution >= 0.6 is 0 Å². The highest BCUT2D eigenvalue weighted by molar-refractivity contribution is 6.06.